The van der Waals surface area contributed by atoms with Gasteiger partial charge in [0.2, 0.25) is 0 Å². The first-order chi connectivity index (χ1) is 15.2. The number of likely N-dealkylation sites (tertiary alicyclic amines) is 1. The van der Waals surface area contributed by atoms with Gasteiger partial charge in [-0.15, -0.1) is 0 Å². The molecule has 0 bridgehead atoms. The molecule has 2 aliphatic rings. The Balaban J connectivity index is 1.42. The molecule has 7 heteroatoms. The maximum atomic E-state index is 13.3. The Labute approximate surface area is 181 Å². The normalized spacial score (nSPS) is 22.0. The number of amidine groups is 1. The van der Waals surface area contributed by atoms with Gasteiger partial charge in [-0.3, -0.25) is 15.1 Å². The zero-order valence-electron chi connectivity index (χ0n) is 17.6. The molecule has 3 N–H and O–H groups in total. The molecular formula is C24H27N5O2. The lowest BCUT2D eigenvalue weighted by Crippen LogP contribution is -2.55. The van der Waals surface area contributed by atoms with E-state index < -0.39 is 5.54 Å². The van der Waals surface area contributed by atoms with Crippen LogP contribution in [0.2, 0.25) is 0 Å². The Morgan fingerprint density at radius 1 is 1.23 bits per heavy atom. The van der Waals surface area contributed by atoms with Crippen LogP contribution in [0.4, 0.5) is 5.69 Å². The van der Waals surface area contributed by atoms with E-state index >= 15 is 0 Å². The number of aromatic amines is 1. The Hall–Kier alpha value is -3.16. The number of carbonyl (C=O) groups excluding carboxylic acids is 1. The molecule has 0 aliphatic carbocycles. The average molecular weight is 418 g/mol. The summed E-state index contributed by atoms with van der Waals surface area (Å²) < 4.78 is 5.21. The minimum absolute atomic E-state index is 0.0492. The van der Waals surface area contributed by atoms with Crippen LogP contribution >= 0.6 is 0 Å². The number of anilines is 1. The Morgan fingerprint density at radius 3 is 3.03 bits per heavy atom. The van der Waals surface area contributed by atoms with Gasteiger partial charge in [0.1, 0.15) is 5.84 Å². The molecule has 1 amide bonds. The van der Waals surface area contributed by atoms with Crippen molar-refractivity contribution in [1.29, 1.82) is 0 Å². The number of nitrogens with one attached hydrogen (secondary N) is 3. The number of benzene rings is 2. The number of amides is 1. The van der Waals surface area contributed by atoms with Crippen molar-refractivity contribution in [2.45, 2.75) is 18.5 Å². The van der Waals surface area contributed by atoms with Crippen molar-refractivity contribution >= 4 is 28.3 Å². The molecule has 160 valence electrons. The quantitative estimate of drug-likeness (QED) is 0.570. The average Bonchev–Trinajstić information content (AvgIpc) is 3.41. The van der Waals surface area contributed by atoms with Crippen LogP contribution in [0.15, 0.2) is 59.7 Å². The fourth-order valence-electron chi connectivity index (χ4n) is 4.52. The lowest BCUT2D eigenvalue weighted by molar-refractivity contribution is 0.0786. The highest BCUT2D eigenvalue weighted by molar-refractivity contribution is 6.05. The summed E-state index contributed by atoms with van der Waals surface area (Å²) in [6.07, 6.45) is 2.70. The zero-order valence-corrected chi connectivity index (χ0v) is 17.6. The molecular weight excluding hydrogens is 390 g/mol. The second-order valence-corrected chi connectivity index (χ2v) is 8.20. The van der Waals surface area contributed by atoms with Crippen LogP contribution < -0.4 is 10.6 Å². The SMILES string of the molecule is COCCN=C1Nc2ccccc2CNC12CCN(C(=O)c1ccc3cc[nH]c3c1)C2. The third-order valence-corrected chi connectivity index (χ3v) is 6.26. The van der Waals surface area contributed by atoms with E-state index in [-0.39, 0.29) is 5.91 Å². The summed E-state index contributed by atoms with van der Waals surface area (Å²) in [5.41, 5.74) is 3.53. The number of fused-ring (bicyclic) bond motifs is 2. The van der Waals surface area contributed by atoms with E-state index in [4.69, 9.17) is 9.73 Å². The number of aliphatic imine (C=N–C) groups is 1. The molecule has 3 heterocycles. The number of hydrogen-bond acceptors (Lipinski definition) is 4. The molecule has 1 spiro atoms. The van der Waals surface area contributed by atoms with Gasteiger partial charge in [0.25, 0.3) is 5.91 Å². The van der Waals surface area contributed by atoms with Crippen molar-refractivity contribution < 1.29 is 9.53 Å². The molecule has 0 saturated carbocycles. The van der Waals surface area contributed by atoms with Gasteiger partial charge >= 0.3 is 0 Å². The minimum atomic E-state index is -0.404. The highest BCUT2D eigenvalue weighted by atomic mass is 16.5. The summed E-state index contributed by atoms with van der Waals surface area (Å²) in [7, 11) is 1.68. The Kier molecular flexibility index (Phi) is 5.21. The van der Waals surface area contributed by atoms with Crippen LogP contribution in [-0.4, -0.2) is 60.5 Å². The molecule has 7 nitrogen and oxygen atoms in total. The van der Waals surface area contributed by atoms with Crippen LogP contribution in [0.5, 0.6) is 0 Å². The van der Waals surface area contributed by atoms with Gasteiger partial charge < -0.3 is 19.9 Å². The summed E-state index contributed by atoms with van der Waals surface area (Å²) >= 11 is 0. The highest BCUT2D eigenvalue weighted by Crippen LogP contribution is 2.30. The first-order valence-electron chi connectivity index (χ1n) is 10.7. The number of carbonyl (C=O) groups is 1. The summed E-state index contributed by atoms with van der Waals surface area (Å²) in [6.45, 7) is 3.10. The van der Waals surface area contributed by atoms with Gasteiger partial charge in [-0.1, -0.05) is 24.3 Å². The summed E-state index contributed by atoms with van der Waals surface area (Å²) in [5, 5.41) is 8.38. The van der Waals surface area contributed by atoms with Gasteiger partial charge in [0, 0.05) is 49.7 Å². The number of para-hydroxylation sites is 1. The van der Waals surface area contributed by atoms with Crippen LogP contribution in [-0.2, 0) is 11.3 Å². The minimum Gasteiger partial charge on any atom is -0.383 e. The van der Waals surface area contributed by atoms with Gasteiger partial charge in [-0.05, 0) is 41.6 Å². The predicted octanol–water partition coefficient (Wildman–Crippen LogP) is 3.01. The van der Waals surface area contributed by atoms with Crippen LogP contribution in [0, 0.1) is 0 Å². The second kappa shape index (κ2) is 8.17. The van der Waals surface area contributed by atoms with E-state index in [1.165, 1.54) is 5.56 Å². The molecule has 1 aromatic heterocycles. The van der Waals surface area contributed by atoms with Gasteiger partial charge in [0.15, 0.2) is 0 Å². The van der Waals surface area contributed by atoms with Crippen molar-refractivity contribution in [2.24, 2.45) is 4.99 Å². The van der Waals surface area contributed by atoms with Crippen molar-refractivity contribution in [1.82, 2.24) is 15.2 Å². The molecule has 0 radical (unpaired) electrons. The summed E-state index contributed by atoms with van der Waals surface area (Å²) in [6, 6.07) is 16.1. The van der Waals surface area contributed by atoms with Crippen molar-refractivity contribution in [3.05, 3.63) is 65.9 Å². The van der Waals surface area contributed by atoms with Crippen LogP contribution in [0.3, 0.4) is 0 Å². The topological polar surface area (TPSA) is 81.8 Å². The monoisotopic (exact) mass is 417 g/mol. The first-order valence-corrected chi connectivity index (χ1v) is 10.7. The number of H-pyrrole nitrogens is 1. The molecule has 2 aliphatic heterocycles. The molecule has 2 aromatic carbocycles. The number of nitrogens with zero attached hydrogens (tertiary/aromatic N) is 2. The Morgan fingerprint density at radius 2 is 2.13 bits per heavy atom. The largest absolute Gasteiger partial charge is 0.383 e. The Bertz CT molecular complexity index is 1140. The fourth-order valence-corrected chi connectivity index (χ4v) is 4.52. The lowest BCUT2D eigenvalue weighted by atomic mass is 9.96. The molecule has 3 aromatic rings. The van der Waals surface area contributed by atoms with Crippen LogP contribution in [0.25, 0.3) is 10.9 Å². The number of methoxy groups -OCH3 is 1. The maximum absolute atomic E-state index is 13.3. The number of ether oxygens (including phenoxy) is 1. The number of rotatable bonds is 4. The summed E-state index contributed by atoms with van der Waals surface area (Å²) in [5.74, 6) is 0.929. The van der Waals surface area contributed by atoms with Crippen molar-refractivity contribution in [2.75, 3.05) is 38.7 Å². The maximum Gasteiger partial charge on any atom is 0.254 e. The molecule has 31 heavy (non-hydrogen) atoms. The van der Waals surface area contributed by atoms with E-state index in [1.54, 1.807) is 7.11 Å². The van der Waals surface area contributed by atoms with Gasteiger partial charge in [-0.25, -0.2) is 0 Å². The smallest absolute Gasteiger partial charge is 0.254 e. The molecule has 1 saturated heterocycles. The van der Waals surface area contributed by atoms with Gasteiger partial charge in [0.05, 0.1) is 18.7 Å². The third-order valence-electron chi connectivity index (χ3n) is 6.26. The molecule has 1 atom stereocenters. The predicted molar refractivity (Wildman–Crippen MR) is 123 cm³/mol. The van der Waals surface area contributed by atoms with E-state index in [0.29, 0.717) is 31.8 Å². The third kappa shape index (κ3) is 3.71. The number of aromatic nitrogens is 1. The molecule has 1 fully saturated rings. The molecule has 5 rings (SSSR count). The van der Waals surface area contributed by atoms with Crippen molar-refractivity contribution in [3.8, 4) is 0 Å². The fraction of sp³-hybridized carbons (Fsp3) is 0.333. The van der Waals surface area contributed by atoms with E-state index in [2.05, 4.69) is 27.8 Å². The van der Waals surface area contributed by atoms with E-state index in [0.717, 1.165) is 35.4 Å². The molecule has 1 unspecified atom stereocenters. The second-order valence-electron chi connectivity index (χ2n) is 8.20. The first kappa shape index (κ1) is 19.8. The van der Waals surface area contributed by atoms with Crippen LogP contribution in [0.1, 0.15) is 22.3 Å². The highest BCUT2D eigenvalue weighted by Gasteiger charge is 2.45. The summed E-state index contributed by atoms with van der Waals surface area (Å²) in [4.78, 5) is 23.3. The zero-order chi connectivity index (χ0) is 21.3. The number of hydrogen-bond donors (Lipinski definition) is 3. The van der Waals surface area contributed by atoms with Gasteiger partial charge in [-0.2, -0.15) is 0 Å². The van der Waals surface area contributed by atoms with E-state index in [1.807, 2.05) is 47.5 Å². The lowest BCUT2D eigenvalue weighted by Gasteiger charge is -2.30. The van der Waals surface area contributed by atoms with E-state index in [9.17, 15) is 4.79 Å². The standard InChI is InChI=1S/C24H27N5O2/c1-31-13-11-26-23-24(27-15-19-4-2-3-5-20(19)28-23)9-12-29(16-24)22(30)18-7-6-17-8-10-25-21(17)14-18/h2-8,10,14,25,27H,9,11-13,15-16H2,1H3,(H,26,28). The van der Waals surface area contributed by atoms with Crippen molar-refractivity contribution in [3.63, 3.8) is 0 Å².